The van der Waals surface area contributed by atoms with Crippen LogP contribution >= 0.6 is 22.6 Å². The van der Waals surface area contributed by atoms with Gasteiger partial charge in [0, 0.05) is 11.7 Å². The average Bonchev–Trinajstić information content (AvgIpc) is 2.09. The van der Waals surface area contributed by atoms with Crippen LogP contribution in [-0.4, -0.2) is 21.7 Å². The fraction of sp³-hybridized carbons (Fsp3) is 0.400. The van der Waals surface area contributed by atoms with Gasteiger partial charge in [0.1, 0.15) is 5.82 Å². The molecule has 0 aliphatic carbocycles. The van der Waals surface area contributed by atoms with Crippen LogP contribution in [0.4, 0.5) is 15.0 Å². The van der Waals surface area contributed by atoms with Crippen LogP contribution in [0.15, 0.2) is 12.3 Å². The number of hydrogen-bond donors (Lipinski definition) is 1. The highest BCUT2D eigenvalue weighted by atomic mass is 127. The second kappa shape index (κ2) is 4.52. The van der Waals surface area contributed by atoms with Crippen molar-refractivity contribution in [1.82, 2.24) is 4.98 Å². The van der Waals surface area contributed by atoms with Crippen molar-refractivity contribution in [2.45, 2.75) is 26.3 Å². The van der Waals surface area contributed by atoms with E-state index in [9.17, 15) is 9.18 Å². The SMILES string of the molecule is CC(C)(C)N(C(=O)O)c1nccc(F)c1I. The average molecular weight is 338 g/mol. The van der Waals surface area contributed by atoms with Crippen LogP contribution in [0.3, 0.4) is 0 Å². The summed E-state index contributed by atoms with van der Waals surface area (Å²) in [4.78, 5) is 16.1. The maximum Gasteiger partial charge on any atom is 0.413 e. The fourth-order valence-corrected chi connectivity index (χ4v) is 1.82. The van der Waals surface area contributed by atoms with E-state index in [-0.39, 0.29) is 9.39 Å². The molecule has 1 heterocycles. The van der Waals surface area contributed by atoms with E-state index in [1.165, 1.54) is 12.3 Å². The molecule has 88 valence electrons. The normalized spacial score (nSPS) is 11.3. The molecular formula is C10H12FIN2O2. The van der Waals surface area contributed by atoms with E-state index < -0.39 is 17.4 Å². The number of carboxylic acid groups (broad SMARTS) is 1. The number of nitrogens with zero attached hydrogens (tertiary/aromatic N) is 2. The number of amides is 1. The molecule has 0 aliphatic rings. The maximum atomic E-state index is 13.3. The van der Waals surface area contributed by atoms with Gasteiger partial charge in [0.2, 0.25) is 0 Å². The zero-order chi connectivity index (χ0) is 12.5. The highest BCUT2D eigenvalue weighted by Gasteiger charge is 2.31. The standard InChI is InChI=1S/C10H12FIN2O2/c1-10(2,3)14(9(15)16)8-7(12)6(11)4-5-13-8/h4-5H,1-3H3,(H,15,16). The first-order valence-corrected chi connectivity index (χ1v) is 5.66. The predicted molar refractivity (Wildman–Crippen MR) is 67.2 cm³/mol. The second-order valence-electron chi connectivity index (χ2n) is 4.22. The highest BCUT2D eigenvalue weighted by Crippen LogP contribution is 2.28. The Hall–Kier alpha value is -0.920. The molecule has 0 saturated heterocycles. The van der Waals surface area contributed by atoms with Crippen LogP contribution in [0.2, 0.25) is 0 Å². The number of halogens is 2. The molecule has 1 amide bonds. The van der Waals surface area contributed by atoms with Gasteiger partial charge in [0.25, 0.3) is 0 Å². The molecule has 1 rings (SSSR count). The molecule has 4 nitrogen and oxygen atoms in total. The summed E-state index contributed by atoms with van der Waals surface area (Å²) < 4.78 is 13.5. The summed E-state index contributed by atoms with van der Waals surface area (Å²) in [6.07, 6.45) is 0.109. The molecule has 1 N–H and O–H groups in total. The Morgan fingerprint density at radius 1 is 1.56 bits per heavy atom. The Kier molecular flexibility index (Phi) is 3.72. The van der Waals surface area contributed by atoms with E-state index in [2.05, 4.69) is 4.98 Å². The predicted octanol–water partition coefficient (Wildman–Crippen LogP) is 3.11. The number of rotatable bonds is 1. The molecule has 1 aromatic rings. The lowest BCUT2D eigenvalue weighted by molar-refractivity contribution is 0.195. The molecule has 0 spiro atoms. The molecule has 0 aliphatic heterocycles. The van der Waals surface area contributed by atoms with Crippen LogP contribution in [0.1, 0.15) is 20.8 Å². The van der Waals surface area contributed by atoms with Crippen molar-refractivity contribution < 1.29 is 14.3 Å². The van der Waals surface area contributed by atoms with Gasteiger partial charge in [-0.25, -0.2) is 14.2 Å². The minimum atomic E-state index is -1.15. The summed E-state index contributed by atoms with van der Waals surface area (Å²) >= 11 is 1.75. The monoisotopic (exact) mass is 338 g/mol. The Morgan fingerprint density at radius 2 is 2.12 bits per heavy atom. The summed E-state index contributed by atoms with van der Waals surface area (Å²) in [5.74, 6) is -0.346. The van der Waals surface area contributed by atoms with E-state index in [0.29, 0.717) is 0 Å². The van der Waals surface area contributed by atoms with Gasteiger partial charge in [0.15, 0.2) is 5.82 Å². The van der Waals surface area contributed by atoms with Crippen molar-refractivity contribution in [1.29, 1.82) is 0 Å². The van der Waals surface area contributed by atoms with E-state index in [1.54, 1.807) is 43.4 Å². The van der Waals surface area contributed by atoms with Crippen LogP contribution in [-0.2, 0) is 0 Å². The molecule has 1 aromatic heterocycles. The molecule has 6 heteroatoms. The van der Waals surface area contributed by atoms with Gasteiger partial charge >= 0.3 is 6.09 Å². The molecule has 16 heavy (non-hydrogen) atoms. The second-order valence-corrected chi connectivity index (χ2v) is 5.30. The van der Waals surface area contributed by atoms with Gasteiger partial charge in [-0.3, -0.25) is 4.90 Å². The van der Waals surface area contributed by atoms with Crippen molar-refractivity contribution >= 4 is 34.5 Å². The number of carbonyl (C=O) groups is 1. The third-order valence-electron chi connectivity index (χ3n) is 1.90. The zero-order valence-corrected chi connectivity index (χ0v) is 11.3. The fourth-order valence-electron chi connectivity index (χ4n) is 1.26. The summed E-state index contributed by atoms with van der Waals surface area (Å²) in [5, 5.41) is 9.14. The van der Waals surface area contributed by atoms with Gasteiger partial charge in [0.05, 0.1) is 3.57 Å². The summed E-state index contributed by atoms with van der Waals surface area (Å²) in [6.45, 7) is 5.18. The largest absolute Gasteiger partial charge is 0.465 e. The molecule has 0 atom stereocenters. The summed E-state index contributed by atoms with van der Waals surface area (Å²) in [6, 6.07) is 1.20. The van der Waals surface area contributed by atoms with Gasteiger partial charge in [-0.15, -0.1) is 0 Å². The lowest BCUT2D eigenvalue weighted by Gasteiger charge is -2.32. The van der Waals surface area contributed by atoms with Crippen LogP contribution in [0.5, 0.6) is 0 Å². The van der Waals surface area contributed by atoms with E-state index >= 15 is 0 Å². The number of hydrogen-bond acceptors (Lipinski definition) is 2. The highest BCUT2D eigenvalue weighted by molar-refractivity contribution is 14.1. The summed E-state index contributed by atoms with van der Waals surface area (Å²) in [5.41, 5.74) is -0.674. The van der Waals surface area contributed by atoms with Gasteiger partial charge in [-0.1, -0.05) is 0 Å². The van der Waals surface area contributed by atoms with Gasteiger partial charge in [-0.05, 0) is 49.4 Å². The number of aromatic nitrogens is 1. The molecule has 0 saturated carbocycles. The Labute approximate surface area is 107 Å². The van der Waals surface area contributed by atoms with E-state index in [0.717, 1.165) is 4.90 Å². The first-order valence-electron chi connectivity index (χ1n) is 4.58. The maximum absolute atomic E-state index is 13.3. The lowest BCUT2D eigenvalue weighted by atomic mass is 10.1. The molecule has 0 fully saturated rings. The third-order valence-corrected chi connectivity index (χ3v) is 2.90. The van der Waals surface area contributed by atoms with Crippen LogP contribution < -0.4 is 4.90 Å². The quantitative estimate of drug-likeness (QED) is 0.801. The topological polar surface area (TPSA) is 53.4 Å². The Balaban J connectivity index is 3.33. The molecule has 0 radical (unpaired) electrons. The number of pyridine rings is 1. The van der Waals surface area contributed by atoms with Crippen LogP contribution in [0.25, 0.3) is 0 Å². The molecule has 0 bridgehead atoms. The molecule has 0 unspecified atom stereocenters. The van der Waals surface area contributed by atoms with Crippen molar-refractivity contribution in [3.63, 3.8) is 0 Å². The minimum Gasteiger partial charge on any atom is -0.465 e. The van der Waals surface area contributed by atoms with Crippen molar-refractivity contribution in [2.24, 2.45) is 0 Å². The first kappa shape index (κ1) is 13.1. The van der Waals surface area contributed by atoms with E-state index in [4.69, 9.17) is 5.11 Å². The van der Waals surface area contributed by atoms with Crippen molar-refractivity contribution in [2.75, 3.05) is 4.90 Å². The molecule has 0 aromatic carbocycles. The van der Waals surface area contributed by atoms with Crippen molar-refractivity contribution in [3.8, 4) is 0 Å². The van der Waals surface area contributed by atoms with Crippen molar-refractivity contribution in [3.05, 3.63) is 21.7 Å². The molecular weight excluding hydrogens is 326 g/mol. The minimum absolute atomic E-state index is 0.126. The zero-order valence-electron chi connectivity index (χ0n) is 9.16. The third kappa shape index (κ3) is 2.60. The van der Waals surface area contributed by atoms with Crippen LogP contribution in [0, 0.1) is 9.39 Å². The lowest BCUT2D eigenvalue weighted by Crippen LogP contribution is -2.46. The van der Waals surface area contributed by atoms with E-state index in [1.807, 2.05) is 0 Å². The van der Waals surface area contributed by atoms with Gasteiger partial charge < -0.3 is 5.11 Å². The van der Waals surface area contributed by atoms with Gasteiger partial charge in [-0.2, -0.15) is 0 Å². The smallest absolute Gasteiger partial charge is 0.413 e. The Morgan fingerprint density at radius 3 is 2.56 bits per heavy atom. The first-order chi connectivity index (χ1) is 7.25. The Bertz CT molecular complexity index is 418. The number of anilines is 1. The summed E-state index contributed by atoms with van der Waals surface area (Å²) in [7, 11) is 0.